The van der Waals surface area contributed by atoms with E-state index in [4.69, 9.17) is 4.74 Å². The van der Waals surface area contributed by atoms with E-state index in [-0.39, 0.29) is 18.2 Å². The summed E-state index contributed by atoms with van der Waals surface area (Å²) in [6.07, 6.45) is 0. The molecule has 0 saturated carbocycles. The standard InChI is InChI=1S/C17H19N3O3/c1-12(13-7-9-14(21)10-8-13)19-20-17(22)11-18-15-5-3-4-6-16(15)23-2/h3-10,18,21H,11H2,1-2H3,(H,20,22)/b19-12+. The first-order valence-electron chi connectivity index (χ1n) is 7.09. The van der Waals surface area contributed by atoms with Crippen molar-refractivity contribution in [3.8, 4) is 11.5 Å². The number of anilines is 1. The van der Waals surface area contributed by atoms with E-state index in [2.05, 4.69) is 15.8 Å². The van der Waals surface area contributed by atoms with E-state index >= 15 is 0 Å². The van der Waals surface area contributed by atoms with Crippen LogP contribution in [0.15, 0.2) is 53.6 Å². The number of rotatable bonds is 6. The second-order valence-electron chi connectivity index (χ2n) is 4.83. The molecule has 0 unspecified atom stereocenters. The van der Waals surface area contributed by atoms with E-state index in [0.717, 1.165) is 11.3 Å². The quantitative estimate of drug-likeness (QED) is 0.565. The zero-order valence-electron chi connectivity index (χ0n) is 13.0. The number of ether oxygens (including phenoxy) is 1. The normalized spacial score (nSPS) is 11.0. The Balaban J connectivity index is 1.89. The minimum absolute atomic E-state index is 0.0761. The fraction of sp³-hybridized carbons (Fsp3) is 0.176. The van der Waals surface area contributed by atoms with Crippen molar-refractivity contribution in [2.24, 2.45) is 5.10 Å². The molecule has 0 bridgehead atoms. The van der Waals surface area contributed by atoms with Gasteiger partial charge in [0.25, 0.3) is 5.91 Å². The van der Waals surface area contributed by atoms with Crippen LogP contribution in [0, 0.1) is 0 Å². The van der Waals surface area contributed by atoms with Gasteiger partial charge in [0.1, 0.15) is 11.5 Å². The average molecular weight is 313 g/mol. The van der Waals surface area contributed by atoms with Gasteiger partial charge < -0.3 is 15.2 Å². The number of nitrogens with zero attached hydrogens (tertiary/aromatic N) is 1. The van der Waals surface area contributed by atoms with E-state index < -0.39 is 0 Å². The number of amides is 1. The van der Waals surface area contributed by atoms with E-state index in [1.54, 1.807) is 38.3 Å². The Bertz CT molecular complexity index is 696. The Kier molecular flexibility index (Phi) is 5.57. The van der Waals surface area contributed by atoms with Gasteiger partial charge in [-0.25, -0.2) is 5.43 Å². The van der Waals surface area contributed by atoms with Crippen molar-refractivity contribution in [3.63, 3.8) is 0 Å². The highest BCUT2D eigenvalue weighted by atomic mass is 16.5. The zero-order chi connectivity index (χ0) is 16.7. The van der Waals surface area contributed by atoms with Crippen LogP contribution in [0.2, 0.25) is 0 Å². The lowest BCUT2D eigenvalue weighted by atomic mass is 10.1. The number of hydrogen-bond acceptors (Lipinski definition) is 5. The number of benzene rings is 2. The summed E-state index contributed by atoms with van der Waals surface area (Å²) in [5.41, 5.74) is 4.70. The summed E-state index contributed by atoms with van der Waals surface area (Å²) in [7, 11) is 1.58. The molecule has 0 saturated heterocycles. The summed E-state index contributed by atoms with van der Waals surface area (Å²) < 4.78 is 5.20. The van der Waals surface area contributed by atoms with Crippen LogP contribution in [-0.2, 0) is 4.79 Å². The molecule has 0 radical (unpaired) electrons. The van der Waals surface area contributed by atoms with Gasteiger partial charge in [-0.05, 0) is 48.9 Å². The molecule has 2 aromatic rings. The van der Waals surface area contributed by atoms with Crippen molar-refractivity contribution in [1.82, 2.24) is 5.43 Å². The molecule has 0 aliphatic carbocycles. The van der Waals surface area contributed by atoms with Crippen LogP contribution >= 0.6 is 0 Å². The lowest BCUT2D eigenvalue weighted by Gasteiger charge is -2.10. The minimum atomic E-state index is -0.269. The van der Waals surface area contributed by atoms with Crippen molar-refractivity contribution in [2.45, 2.75) is 6.92 Å². The summed E-state index contributed by atoms with van der Waals surface area (Å²) in [5.74, 6) is 0.588. The lowest BCUT2D eigenvalue weighted by molar-refractivity contribution is -0.119. The maximum Gasteiger partial charge on any atom is 0.259 e. The fourth-order valence-electron chi connectivity index (χ4n) is 1.92. The van der Waals surface area contributed by atoms with Gasteiger partial charge in [-0.1, -0.05) is 12.1 Å². The molecule has 0 aliphatic rings. The van der Waals surface area contributed by atoms with E-state index in [1.807, 2.05) is 24.3 Å². The predicted molar refractivity (Wildman–Crippen MR) is 89.9 cm³/mol. The zero-order valence-corrected chi connectivity index (χ0v) is 13.0. The van der Waals surface area contributed by atoms with Crippen molar-refractivity contribution < 1.29 is 14.6 Å². The van der Waals surface area contributed by atoms with E-state index in [0.29, 0.717) is 11.5 Å². The molecule has 120 valence electrons. The first kappa shape index (κ1) is 16.4. The number of nitrogens with one attached hydrogen (secondary N) is 2. The number of para-hydroxylation sites is 2. The number of aromatic hydroxyl groups is 1. The monoisotopic (exact) mass is 313 g/mol. The van der Waals surface area contributed by atoms with Gasteiger partial charge in [0, 0.05) is 0 Å². The van der Waals surface area contributed by atoms with Gasteiger partial charge in [-0.2, -0.15) is 5.10 Å². The summed E-state index contributed by atoms with van der Waals surface area (Å²) in [5, 5.41) is 16.3. The number of hydrogen-bond donors (Lipinski definition) is 3. The van der Waals surface area contributed by atoms with E-state index in [1.165, 1.54) is 0 Å². The number of carbonyl (C=O) groups is 1. The third-order valence-electron chi connectivity index (χ3n) is 3.18. The molecule has 6 nitrogen and oxygen atoms in total. The van der Waals surface area contributed by atoms with Gasteiger partial charge in [-0.15, -0.1) is 0 Å². The van der Waals surface area contributed by atoms with Crippen LogP contribution in [0.5, 0.6) is 11.5 Å². The Hall–Kier alpha value is -3.02. The summed E-state index contributed by atoms with van der Waals surface area (Å²) in [4.78, 5) is 11.8. The molecule has 2 rings (SSSR count). The topological polar surface area (TPSA) is 83.0 Å². The highest BCUT2D eigenvalue weighted by molar-refractivity contribution is 5.99. The highest BCUT2D eigenvalue weighted by Crippen LogP contribution is 2.22. The van der Waals surface area contributed by atoms with Crippen LogP contribution in [0.1, 0.15) is 12.5 Å². The maximum atomic E-state index is 11.8. The SMILES string of the molecule is COc1ccccc1NCC(=O)N/N=C(\C)c1ccc(O)cc1. The Morgan fingerprint density at radius 3 is 2.57 bits per heavy atom. The molecular weight excluding hydrogens is 294 g/mol. The second-order valence-corrected chi connectivity index (χ2v) is 4.83. The lowest BCUT2D eigenvalue weighted by Crippen LogP contribution is -2.26. The fourth-order valence-corrected chi connectivity index (χ4v) is 1.92. The molecular formula is C17H19N3O3. The first-order chi connectivity index (χ1) is 11.1. The molecule has 6 heteroatoms. The molecule has 2 aromatic carbocycles. The summed E-state index contributed by atoms with van der Waals surface area (Å²) >= 11 is 0. The maximum absolute atomic E-state index is 11.8. The van der Waals surface area contributed by atoms with Gasteiger partial charge in [0.15, 0.2) is 0 Å². The van der Waals surface area contributed by atoms with E-state index in [9.17, 15) is 9.90 Å². The average Bonchev–Trinajstić information content (AvgIpc) is 2.58. The molecule has 0 atom stereocenters. The molecule has 23 heavy (non-hydrogen) atoms. The van der Waals surface area contributed by atoms with Crippen molar-refractivity contribution in [2.75, 3.05) is 19.0 Å². The van der Waals surface area contributed by atoms with Gasteiger partial charge in [-0.3, -0.25) is 4.79 Å². The number of hydrazone groups is 1. The molecule has 0 spiro atoms. The molecule has 0 fully saturated rings. The second kappa shape index (κ2) is 7.84. The molecule has 0 heterocycles. The summed E-state index contributed by atoms with van der Waals surface area (Å²) in [6, 6.07) is 14.0. The largest absolute Gasteiger partial charge is 0.508 e. The van der Waals surface area contributed by atoms with Gasteiger partial charge >= 0.3 is 0 Å². The number of carbonyl (C=O) groups excluding carboxylic acids is 1. The number of phenolic OH excluding ortho intramolecular Hbond substituents is 1. The molecule has 0 aromatic heterocycles. The van der Waals surface area contributed by atoms with Crippen LogP contribution in [-0.4, -0.2) is 30.4 Å². The third-order valence-corrected chi connectivity index (χ3v) is 3.18. The smallest absolute Gasteiger partial charge is 0.259 e. The number of phenols is 1. The molecule has 3 N–H and O–H groups in total. The van der Waals surface area contributed by atoms with Crippen molar-refractivity contribution in [3.05, 3.63) is 54.1 Å². The Morgan fingerprint density at radius 1 is 1.17 bits per heavy atom. The van der Waals surface area contributed by atoms with Gasteiger partial charge in [0.2, 0.25) is 0 Å². The highest BCUT2D eigenvalue weighted by Gasteiger charge is 2.05. The summed E-state index contributed by atoms with van der Waals surface area (Å²) in [6.45, 7) is 1.85. The van der Waals surface area contributed by atoms with Crippen LogP contribution in [0.25, 0.3) is 0 Å². The van der Waals surface area contributed by atoms with Crippen molar-refractivity contribution in [1.29, 1.82) is 0 Å². The third kappa shape index (κ3) is 4.74. The van der Waals surface area contributed by atoms with Crippen molar-refractivity contribution >= 4 is 17.3 Å². The Labute approximate surface area is 134 Å². The van der Waals surface area contributed by atoms with Crippen LogP contribution in [0.3, 0.4) is 0 Å². The first-order valence-corrected chi connectivity index (χ1v) is 7.09. The molecule has 0 aliphatic heterocycles. The van der Waals surface area contributed by atoms with Gasteiger partial charge in [0.05, 0.1) is 25.1 Å². The number of methoxy groups -OCH3 is 1. The van der Waals surface area contributed by atoms with Crippen LogP contribution < -0.4 is 15.5 Å². The minimum Gasteiger partial charge on any atom is -0.508 e. The van der Waals surface area contributed by atoms with Crippen LogP contribution in [0.4, 0.5) is 5.69 Å². The Morgan fingerprint density at radius 2 is 1.87 bits per heavy atom. The predicted octanol–water partition coefficient (Wildman–Crippen LogP) is 2.35. The molecule has 1 amide bonds.